The van der Waals surface area contributed by atoms with E-state index < -0.39 is 5.97 Å². The highest BCUT2D eigenvalue weighted by Crippen LogP contribution is 2.27. The van der Waals surface area contributed by atoms with E-state index in [1.165, 1.54) is 29.5 Å². The van der Waals surface area contributed by atoms with Gasteiger partial charge in [-0.25, -0.2) is 9.78 Å². The number of carbonyl (C=O) groups is 1. The molecular formula is C15H18N2O3S. The van der Waals surface area contributed by atoms with Gasteiger partial charge in [-0.05, 0) is 18.2 Å². The van der Waals surface area contributed by atoms with E-state index in [1.807, 2.05) is 5.38 Å². The average Bonchev–Trinajstić information content (AvgIpc) is 2.86. The highest BCUT2D eigenvalue weighted by Gasteiger charge is 2.17. The highest BCUT2D eigenvalue weighted by atomic mass is 32.1. The first-order valence-electron chi connectivity index (χ1n) is 6.48. The van der Waals surface area contributed by atoms with Gasteiger partial charge in [-0.15, -0.1) is 11.3 Å². The Bertz CT molecular complexity index is 659. The molecule has 0 spiro atoms. The first-order chi connectivity index (χ1) is 9.77. The van der Waals surface area contributed by atoms with Crippen LogP contribution in [0.1, 0.15) is 41.8 Å². The van der Waals surface area contributed by atoms with Crippen molar-refractivity contribution in [1.82, 2.24) is 4.98 Å². The molecule has 2 aromatic rings. The second-order valence-corrected chi connectivity index (χ2v) is 6.67. The molecule has 0 unspecified atom stereocenters. The third kappa shape index (κ3) is 3.72. The van der Waals surface area contributed by atoms with Crippen molar-refractivity contribution in [2.24, 2.45) is 0 Å². The van der Waals surface area contributed by atoms with Crippen LogP contribution in [-0.4, -0.2) is 16.1 Å². The summed E-state index contributed by atoms with van der Waals surface area (Å²) >= 11 is 1.52. The van der Waals surface area contributed by atoms with Crippen molar-refractivity contribution >= 4 is 23.0 Å². The third-order valence-electron chi connectivity index (χ3n) is 2.93. The number of hydrogen-bond acceptors (Lipinski definition) is 5. The summed E-state index contributed by atoms with van der Waals surface area (Å²) in [6.45, 7) is 6.57. The van der Waals surface area contributed by atoms with E-state index in [1.54, 1.807) is 0 Å². The summed E-state index contributed by atoms with van der Waals surface area (Å²) in [6, 6.07) is 4.41. The number of benzene rings is 1. The number of anilines is 1. The first-order valence-corrected chi connectivity index (χ1v) is 7.36. The van der Waals surface area contributed by atoms with Gasteiger partial charge in [0.05, 0.1) is 16.9 Å². The van der Waals surface area contributed by atoms with Crippen LogP contribution in [0.2, 0.25) is 0 Å². The number of rotatable bonds is 4. The number of aromatic nitrogens is 1. The van der Waals surface area contributed by atoms with Crippen LogP contribution in [0, 0.1) is 0 Å². The molecule has 0 atom stereocenters. The normalized spacial score (nSPS) is 11.4. The van der Waals surface area contributed by atoms with E-state index in [-0.39, 0.29) is 17.6 Å². The van der Waals surface area contributed by atoms with E-state index in [2.05, 4.69) is 25.8 Å². The SMILES string of the molecule is CC(C)(C)c1csc(COc2cc(C(=O)O)ccc2N)n1. The highest BCUT2D eigenvalue weighted by molar-refractivity contribution is 7.09. The lowest BCUT2D eigenvalue weighted by molar-refractivity contribution is 0.0696. The van der Waals surface area contributed by atoms with Gasteiger partial charge < -0.3 is 15.6 Å². The number of aromatic carboxylic acids is 1. The molecule has 112 valence electrons. The number of carboxylic acids is 1. The molecule has 1 aromatic carbocycles. The number of carboxylic acid groups (broad SMARTS) is 1. The van der Waals surface area contributed by atoms with E-state index >= 15 is 0 Å². The zero-order valence-electron chi connectivity index (χ0n) is 12.2. The summed E-state index contributed by atoms with van der Waals surface area (Å²) in [4.78, 5) is 15.5. The van der Waals surface area contributed by atoms with Gasteiger partial charge in [-0.1, -0.05) is 20.8 Å². The Morgan fingerprint density at radius 3 is 2.71 bits per heavy atom. The Balaban J connectivity index is 2.11. The van der Waals surface area contributed by atoms with Crippen molar-refractivity contribution in [3.05, 3.63) is 39.8 Å². The minimum absolute atomic E-state index is 0.00297. The van der Waals surface area contributed by atoms with Crippen molar-refractivity contribution in [1.29, 1.82) is 0 Å². The number of hydrogen-bond donors (Lipinski definition) is 2. The molecular weight excluding hydrogens is 288 g/mol. The largest absolute Gasteiger partial charge is 0.484 e. The lowest BCUT2D eigenvalue weighted by Gasteiger charge is -2.14. The molecule has 0 bridgehead atoms. The van der Waals surface area contributed by atoms with Crippen LogP contribution in [0.4, 0.5) is 5.69 Å². The molecule has 0 radical (unpaired) electrons. The van der Waals surface area contributed by atoms with E-state index in [0.29, 0.717) is 11.4 Å². The molecule has 0 saturated carbocycles. The van der Waals surface area contributed by atoms with Crippen LogP contribution in [0.3, 0.4) is 0 Å². The van der Waals surface area contributed by atoms with E-state index in [9.17, 15) is 4.79 Å². The summed E-state index contributed by atoms with van der Waals surface area (Å²) in [7, 11) is 0. The molecule has 0 aliphatic carbocycles. The molecule has 21 heavy (non-hydrogen) atoms. The smallest absolute Gasteiger partial charge is 0.335 e. The summed E-state index contributed by atoms with van der Waals surface area (Å²) in [5.41, 5.74) is 7.36. The monoisotopic (exact) mass is 306 g/mol. The minimum Gasteiger partial charge on any atom is -0.484 e. The Morgan fingerprint density at radius 1 is 1.43 bits per heavy atom. The van der Waals surface area contributed by atoms with Crippen LogP contribution in [-0.2, 0) is 12.0 Å². The molecule has 1 heterocycles. The fraction of sp³-hybridized carbons (Fsp3) is 0.333. The van der Waals surface area contributed by atoms with Gasteiger partial charge in [0.15, 0.2) is 0 Å². The standard InChI is InChI=1S/C15H18N2O3S/c1-15(2,3)12-8-21-13(17-12)7-20-11-6-9(14(18)19)4-5-10(11)16/h4-6,8H,7,16H2,1-3H3,(H,18,19). The molecule has 0 aliphatic heterocycles. The van der Waals surface area contributed by atoms with Gasteiger partial charge in [-0.3, -0.25) is 0 Å². The van der Waals surface area contributed by atoms with Gasteiger partial charge in [-0.2, -0.15) is 0 Å². The van der Waals surface area contributed by atoms with Gasteiger partial charge in [0.2, 0.25) is 0 Å². The van der Waals surface area contributed by atoms with Crippen LogP contribution in [0.25, 0.3) is 0 Å². The number of nitrogens with zero attached hydrogens (tertiary/aromatic N) is 1. The summed E-state index contributed by atoms with van der Waals surface area (Å²) in [5.74, 6) is -0.647. The Kier molecular flexibility index (Phi) is 4.18. The molecule has 5 nitrogen and oxygen atoms in total. The van der Waals surface area contributed by atoms with Crippen LogP contribution >= 0.6 is 11.3 Å². The quantitative estimate of drug-likeness (QED) is 0.846. The van der Waals surface area contributed by atoms with Crippen molar-refractivity contribution in [3.8, 4) is 5.75 Å². The average molecular weight is 306 g/mol. The Labute approximate surface area is 127 Å². The zero-order chi connectivity index (χ0) is 15.6. The van der Waals surface area contributed by atoms with Gasteiger partial charge in [0.1, 0.15) is 17.4 Å². The lowest BCUT2D eigenvalue weighted by atomic mass is 9.93. The van der Waals surface area contributed by atoms with Gasteiger partial charge in [0, 0.05) is 10.8 Å². The molecule has 0 saturated heterocycles. The number of nitrogens with two attached hydrogens (primary N) is 1. The molecule has 0 aliphatic rings. The summed E-state index contributed by atoms with van der Waals surface area (Å²) in [5, 5.41) is 11.8. The molecule has 0 amide bonds. The van der Waals surface area contributed by atoms with Gasteiger partial charge in [0.25, 0.3) is 0 Å². The maximum atomic E-state index is 10.9. The van der Waals surface area contributed by atoms with E-state index in [4.69, 9.17) is 15.6 Å². The molecule has 0 fully saturated rings. The minimum atomic E-state index is -1.01. The molecule has 2 rings (SSSR count). The second-order valence-electron chi connectivity index (χ2n) is 5.72. The number of thiazole rings is 1. The van der Waals surface area contributed by atoms with Crippen molar-refractivity contribution in [2.75, 3.05) is 5.73 Å². The third-order valence-corrected chi connectivity index (χ3v) is 3.75. The number of nitrogen functional groups attached to an aromatic ring is 1. The Hall–Kier alpha value is -2.08. The molecule has 3 N–H and O–H groups in total. The first kappa shape index (κ1) is 15.3. The van der Waals surface area contributed by atoms with Gasteiger partial charge >= 0.3 is 5.97 Å². The van der Waals surface area contributed by atoms with Crippen molar-refractivity contribution < 1.29 is 14.6 Å². The Morgan fingerprint density at radius 2 is 2.14 bits per heavy atom. The predicted molar refractivity (Wildman–Crippen MR) is 83.0 cm³/mol. The molecule has 1 aromatic heterocycles. The predicted octanol–water partition coefficient (Wildman–Crippen LogP) is 3.30. The van der Waals surface area contributed by atoms with Crippen LogP contribution < -0.4 is 10.5 Å². The maximum absolute atomic E-state index is 10.9. The van der Waals surface area contributed by atoms with Crippen LogP contribution in [0.15, 0.2) is 23.6 Å². The topological polar surface area (TPSA) is 85.4 Å². The zero-order valence-corrected chi connectivity index (χ0v) is 13.0. The summed E-state index contributed by atoms with van der Waals surface area (Å²) < 4.78 is 5.60. The second kappa shape index (κ2) is 5.73. The fourth-order valence-electron chi connectivity index (χ4n) is 1.65. The number of ether oxygens (including phenoxy) is 1. The van der Waals surface area contributed by atoms with Crippen molar-refractivity contribution in [3.63, 3.8) is 0 Å². The van der Waals surface area contributed by atoms with Crippen molar-refractivity contribution in [2.45, 2.75) is 32.8 Å². The molecule has 6 heteroatoms. The summed E-state index contributed by atoms with van der Waals surface area (Å²) in [6.07, 6.45) is 0. The lowest BCUT2D eigenvalue weighted by Crippen LogP contribution is -2.11. The fourth-order valence-corrected chi connectivity index (χ4v) is 2.59. The maximum Gasteiger partial charge on any atom is 0.335 e. The van der Waals surface area contributed by atoms with E-state index in [0.717, 1.165) is 10.7 Å². The van der Waals surface area contributed by atoms with Crippen LogP contribution in [0.5, 0.6) is 5.75 Å².